The van der Waals surface area contributed by atoms with Gasteiger partial charge in [0.05, 0.1) is 31.2 Å². The molecule has 1 N–H and O–H groups in total. The number of aliphatic hydroxyl groups excluding tert-OH is 1. The Morgan fingerprint density at radius 2 is 2.00 bits per heavy atom. The summed E-state index contributed by atoms with van der Waals surface area (Å²) >= 11 is 0. The molecule has 0 radical (unpaired) electrons. The van der Waals surface area contributed by atoms with Gasteiger partial charge < -0.3 is 10.0 Å². The molecule has 1 aliphatic rings. The maximum Gasteiger partial charge on any atom is 0.416 e. The van der Waals surface area contributed by atoms with E-state index in [1.54, 1.807) is 0 Å². The number of amides is 1. The summed E-state index contributed by atoms with van der Waals surface area (Å²) in [7, 11) is 0. The average molecular weight is 305 g/mol. The Morgan fingerprint density at radius 3 is 2.62 bits per heavy atom. The van der Waals surface area contributed by atoms with Crippen LogP contribution in [0.1, 0.15) is 17.5 Å². The second-order valence-corrected chi connectivity index (χ2v) is 5.05. The summed E-state index contributed by atoms with van der Waals surface area (Å²) in [5.74, 6) is -0.606. The van der Waals surface area contributed by atoms with Crippen LogP contribution in [0.25, 0.3) is 0 Å². The van der Waals surface area contributed by atoms with Crippen molar-refractivity contribution in [3.8, 4) is 0 Å². The second-order valence-electron chi connectivity index (χ2n) is 5.05. The van der Waals surface area contributed by atoms with Crippen LogP contribution in [0.15, 0.2) is 24.3 Å². The Labute approximate surface area is 119 Å². The van der Waals surface area contributed by atoms with Gasteiger partial charge in [-0.25, -0.2) is 4.39 Å². The normalized spacial score (nSPS) is 22.6. The number of hydrogen-bond donors (Lipinski definition) is 1. The maximum atomic E-state index is 13.3. The zero-order chi connectivity index (χ0) is 15.6. The van der Waals surface area contributed by atoms with Crippen molar-refractivity contribution in [2.45, 2.75) is 31.2 Å². The Bertz CT molecular complexity index is 518. The summed E-state index contributed by atoms with van der Waals surface area (Å²) in [5.41, 5.74) is -1.01. The van der Waals surface area contributed by atoms with Crippen molar-refractivity contribution in [2.75, 3.05) is 13.2 Å². The first-order valence-electron chi connectivity index (χ1n) is 6.52. The van der Waals surface area contributed by atoms with Gasteiger partial charge in [-0.05, 0) is 11.6 Å². The van der Waals surface area contributed by atoms with Gasteiger partial charge in [-0.1, -0.05) is 18.2 Å². The van der Waals surface area contributed by atoms with Crippen LogP contribution < -0.4 is 0 Å². The molecule has 0 aromatic heterocycles. The van der Waals surface area contributed by atoms with Crippen LogP contribution in [-0.2, 0) is 17.4 Å². The molecule has 0 aliphatic carbocycles. The predicted octanol–water partition coefficient (Wildman–Crippen LogP) is 2.18. The molecule has 0 bridgehead atoms. The third-order valence-corrected chi connectivity index (χ3v) is 3.56. The average Bonchev–Trinajstić information content (AvgIpc) is 2.79. The molecule has 7 heteroatoms. The number of aliphatic hydroxyl groups is 1. The lowest BCUT2D eigenvalue weighted by Gasteiger charge is -2.23. The SMILES string of the molecule is O=C(Cc1ccccc1C(F)(F)F)N1C[C@@H](F)C[C@H]1CO. The van der Waals surface area contributed by atoms with E-state index >= 15 is 0 Å². The first-order chi connectivity index (χ1) is 9.82. The van der Waals surface area contributed by atoms with Crippen LogP contribution >= 0.6 is 0 Å². The van der Waals surface area contributed by atoms with Gasteiger partial charge in [0.1, 0.15) is 6.17 Å². The van der Waals surface area contributed by atoms with E-state index in [1.165, 1.54) is 18.2 Å². The van der Waals surface area contributed by atoms with E-state index in [4.69, 9.17) is 5.11 Å². The Hall–Kier alpha value is -1.63. The van der Waals surface area contributed by atoms with Gasteiger partial charge in [0.2, 0.25) is 5.91 Å². The standard InChI is InChI=1S/C14H15F4NO2/c15-10-6-11(8-20)19(7-10)13(21)5-9-3-1-2-4-12(9)14(16,17)18/h1-4,10-11,20H,5-8H2/t10-,11-/m0/s1. The van der Waals surface area contributed by atoms with E-state index in [2.05, 4.69) is 0 Å². The molecule has 1 fully saturated rings. The summed E-state index contributed by atoms with van der Waals surface area (Å²) in [6.07, 6.45) is -6.23. The van der Waals surface area contributed by atoms with E-state index < -0.39 is 42.9 Å². The van der Waals surface area contributed by atoms with Crippen LogP contribution in [-0.4, -0.2) is 41.3 Å². The molecule has 0 saturated carbocycles. The summed E-state index contributed by atoms with van der Waals surface area (Å²) in [6, 6.07) is 4.15. The summed E-state index contributed by atoms with van der Waals surface area (Å²) in [4.78, 5) is 13.2. The van der Waals surface area contributed by atoms with Crippen molar-refractivity contribution in [3.63, 3.8) is 0 Å². The minimum absolute atomic E-state index is 0.0170. The molecule has 116 valence electrons. The minimum atomic E-state index is -4.54. The number of nitrogens with zero attached hydrogens (tertiary/aromatic N) is 1. The third kappa shape index (κ3) is 3.53. The number of alkyl halides is 4. The number of likely N-dealkylation sites (tertiary alicyclic amines) is 1. The fourth-order valence-corrected chi connectivity index (χ4v) is 2.55. The van der Waals surface area contributed by atoms with Gasteiger partial charge in [0, 0.05) is 6.42 Å². The predicted molar refractivity (Wildman–Crippen MR) is 67.2 cm³/mol. The first-order valence-corrected chi connectivity index (χ1v) is 6.52. The monoisotopic (exact) mass is 305 g/mol. The largest absolute Gasteiger partial charge is 0.416 e. The molecule has 1 heterocycles. The number of benzene rings is 1. The molecule has 0 spiro atoms. The highest BCUT2D eigenvalue weighted by atomic mass is 19.4. The zero-order valence-electron chi connectivity index (χ0n) is 11.1. The third-order valence-electron chi connectivity index (χ3n) is 3.56. The van der Waals surface area contributed by atoms with Gasteiger partial charge >= 0.3 is 6.18 Å². The molecule has 1 saturated heterocycles. The van der Waals surface area contributed by atoms with Crippen LogP contribution in [0.5, 0.6) is 0 Å². The Morgan fingerprint density at radius 1 is 1.33 bits per heavy atom. The van der Waals surface area contributed by atoms with Crippen molar-refractivity contribution in [1.29, 1.82) is 0 Å². The number of halogens is 4. The lowest BCUT2D eigenvalue weighted by atomic mass is 10.0. The van der Waals surface area contributed by atoms with E-state index in [-0.39, 0.29) is 18.5 Å². The molecule has 1 aromatic rings. The van der Waals surface area contributed by atoms with Gasteiger partial charge in [-0.3, -0.25) is 4.79 Å². The van der Waals surface area contributed by atoms with Crippen molar-refractivity contribution in [1.82, 2.24) is 4.90 Å². The van der Waals surface area contributed by atoms with E-state index in [9.17, 15) is 22.4 Å². The van der Waals surface area contributed by atoms with Crippen molar-refractivity contribution < 1.29 is 27.5 Å². The van der Waals surface area contributed by atoms with Gasteiger partial charge in [0.15, 0.2) is 0 Å². The van der Waals surface area contributed by atoms with E-state index in [0.29, 0.717) is 0 Å². The second kappa shape index (κ2) is 6.01. The highest BCUT2D eigenvalue weighted by Crippen LogP contribution is 2.32. The fourth-order valence-electron chi connectivity index (χ4n) is 2.55. The van der Waals surface area contributed by atoms with Crippen LogP contribution in [0.2, 0.25) is 0 Å². The maximum absolute atomic E-state index is 13.3. The first kappa shape index (κ1) is 15.8. The van der Waals surface area contributed by atoms with Crippen LogP contribution in [0, 0.1) is 0 Å². The van der Waals surface area contributed by atoms with Crippen molar-refractivity contribution in [2.24, 2.45) is 0 Å². The number of carbonyl (C=O) groups is 1. The van der Waals surface area contributed by atoms with Gasteiger partial charge in [0.25, 0.3) is 0 Å². The lowest BCUT2D eigenvalue weighted by Crippen LogP contribution is -2.39. The smallest absolute Gasteiger partial charge is 0.394 e. The molecule has 1 aliphatic heterocycles. The molecule has 2 atom stereocenters. The molecule has 1 aromatic carbocycles. The summed E-state index contributed by atoms with van der Waals surface area (Å²) in [6.45, 7) is -0.578. The lowest BCUT2D eigenvalue weighted by molar-refractivity contribution is -0.138. The van der Waals surface area contributed by atoms with Gasteiger partial charge in [-0.15, -0.1) is 0 Å². The molecule has 21 heavy (non-hydrogen) atoms. The molecule has 0 unspecified atom stereocenters. The van der Waals surface area contributed by atoms with Gasteiger partial charge in [-0.2, -0.15) is 13.2 Å². The molecular formula is C14H15F4NO2. The molecule has 1 amide bonds. The van der Waals surface area contributed by atoms with Crippen molar-refractivity contribution in [3.05, 3.63) is 35.4 Å². The summed E-state index contributed by atoms with van der Waals surface area (Å²) < 4.78 is 51.9. The van der Waals surface area contributed by atoms with Crippen LogP contribution in [0.4, 0.5) is 17.6 Å². The number of rotatable bonds is 3. The van der Waals surface area contributed by atoms with E-state index in [0.717, 1.165) is 11.0 Å². The quantitative estimate of drug-likeness (QED) is 0.870. The molecule has 2 rings (SSSR count). The van der Waals surface area contributed by atoms with Crippen molar-refractivity contribution >= 4 is 5.91 Å². The molecular weight excluding hydrogens is 290 g/mol. The Kier molecular flexibility index (Phi) is 4.51. The molecule has 3 nitrogen and oxygen atoms in total. The van der Waals surface area contributed by atoms with E-state index in [1.807, 2.05) is 0 Å². The number of hydrogen-bond acceptors (Lipinski definition) is 2. The highest BCUT2D eigenvalue weighted by Gasteiger charge is 2.37. The fraction of sp³-hybridized carbons (Fsp3) is 0.500. The topological polar surface area (TPSA) is 40.5 Å². The zero-order valence-corrected chi connectivity index (χ0v) is 11.1. The van der Waals surface area contributed by atoms with Crippen LogP contribution in [0.3, 0.4) is 0 Å². The Balaban J connectivity index is 2.17. The number of carbonyl (C=O) groups excluding carboxylic acids is 1. The minimum Gasteiger partial charge on any atom is -0.394 e. The summed E-state index contributed by atoms with van der Waals surface area (Å²) in [5, 5.41) is 9.11. The highest BCUT2D eigenvalue weighted by molar-refractivity contribution is 5.80.